The van der Waals surface area contributed by atoms with Crippen LogP contribution >= 0.6 is 24.8 Å². The Hall–Kier alpha value is -2.12. The molecule has 0 saturated carbocycles. The fraction of sp³-hybridized carbons (Fsp3) is 0.364. The summed E-state index contributed by atoms with van der Waals surface area (Å²) in [6, 6.07) is 15.9. The van der Waals surface area contributed by atoms with Gasteiger partial charge in [-0.2, -0.15) is 0 Å². The molecule has 2 amide bonds. The van der Waals surface area contributed by atoms with E-state index in [1.165, 1.54) is 0 Å². The smallest absolute Gasteiger partial charge is 0.251 e. The summed E-state index contributed by atoms with van der Waals surface area (Å²) in [6.45, 7) is 7.50. The van der Waals surface area contributed by atoms with Crippen molar-refractivity contribution < 1.29 is 9.59 Å². The second kappa shape index (κ2) is 14.8. The first-order valence-corrected chi connectivity index (χ1v) is 9.74. The summed E-state index contributed by atoms with van der Waals surface area (Å²) >= 11 is 0. The third-order valence-electron chi connectivity index (χ3n) is 4.64. The Balaban J connectivity index is 0.00000420. The molecule has 0 bridgehead atoms. The van der Waals surface area contributed by atoms with E-state index in [1.54, 1.807) is 24.3 Å². The maximum atomic E-state index is 12.4. The second-order valence-corrected chi connectivity index (χ2v) is 6.65. The van der Waals surface area contributed by atoms with E-state index < -0.39 is 6.04 Å². The molecule has 166 valence electrons. The molecular formula is C22H32Cl2N4O2. The maximum absolute atomic E-state index is 12.4. The Kier molecular flexibility index (Phi) is 13.8. The monoisotopic (exact) mass is 454 g/mol. The number of nitrogens with two attached hydrogens (primary N) is 1. The Morgan fingerprint density at radius 1 is 1.00 bits per heavy atom. The number of halogens is 2. The minimum Gasteiger partial charge on any atom is -0.351 e. The van der Waals surface area contributed by atoms with Crippen LogP contribution in [0.4, 0.5) is 5.69 Å². The molecule has 0 aromatic heterocycles. The lowest BCUT2D eigenvalue weighted by molar-refractivity contribution is -0.117. The number of hydrogen-bond acceptors (Lipinski definition) is 4. The molecule has 8 heteroatoms. The van der Waals surface area contributed by atoms with Gasteiger partial charge < -0.3 is 21.3 Å². The standard InChI is InChI=1S/C22H30N4O2.2ClH/c1-3-26(4-2)14-13-24-21(27)18-11-8-12-19(16-18)25-22(28)20(23)15-17-9-6-5-7-10-17;;/h5-12,16,20H,3-4,13-15,23H2,1-2H3,(H,24,27)(H,25,28);2*1H. The summed E-state index contributed by atoms with van der Waals surface area (Å²) in [7, 11) is 0. The molecule has 2 aromatic rings. The number of carbonyl (C=O) groups excluding carboxylic acids is 2. The highest BCUT2D eigenvalue weighted by Gasteiger charge is 2.15. The van der Waals surface area contributed by atoms with Crippen molar-refractivity contribution in [3.63, 3.8) is 0 Å². The van der Waals surface area contributed by atoms with Crippen LogP contribution in [0.3, 0.4) is 0 Å². The van der Waals surface area contributed by atoms with Crippen molar-refractivity contribution in [3.05, 3.63) is 65.7 Å². The van der Waals surface area contributed by atoms with Crippen molar-refractivity contribution in [2.75, 3.05) is 31.5 Å². The van der Waals surface area contributed by atoms with Gasteiger partial charge in [0.05, 0.1) is 6.04 Å². The first-order chi connectivity index (χ1) is 13.5. The van der Waals surface area contributed by atoms with Gasteiger partial charge in [0.15, 0.2) is 0 Å². The van der Waals surface area contributed by atoms with Gasteiger partial charge in [0.25, 0.3) is 5.91 Å². The summed E-state index contributed by atoms with van der Waals surface area (Å²) in [5, 5.41) is 5.71. The highest BCUT2D eigenvalue weighted by molar-refractivity contribution is 5.98. The van der Waals surface area contributed by atoms with Gasteiger partial charge in [0, 0.05) is 24.3 Å². The third-order valence-corrected chi connectivity index (χ3v) is 4.64. The van der Waals surface area contributed by atoms with Crippen molar-refractivity contribution in [1.29, 1.82) is 0 Å². The van der Waals surface area contributed by atoms with Crippen LogP contribution in [0, 0.1) is 0 Å². The van der Waals surface area contributed by atoms with Crippen molar-refractivity contribution in [2.24, 2.45) is 5.73 Å². The predicted molar refractivity (Wildman–Crippen MR) is 128 cm³/mol. The number of nitrogens with one attached hydrogen (secondary N) is 2. The largest absolute Gasteiger partial charge is 0.351 e. The van der Waals surface area contributed by atoms with Crippen molar-refractivity contribution in [1.82, 2.24) is 10.2 Å². The molecule has 0 saturated heterocycles. The zero-order chi connectivity index (χ0) is 20.4. The van der Waals surface area contributed by atoms with Crippen LogP contribution in [0.2, 0.25) is 0 Å². The summed E-state index contributed by atoms with van der Waals surface area (Å²) < 4.78 is 0. The molecule has 0 heterocycles. The Morgan fingerprint density at radius 2 is 1.67 bits per heavy atom. The molecule has 1 atom stereocenters. The first-order valence-electron chi connectivity index (χ1n) is 9.74. The number of likely N-dealkylation sites (N-methyl/N-ethyl adjacent to an activating group) is 1. The SMILES string of the molecule is CCN(CC)CCNC(=O)c1cccc(NC(=O)C(N)Cc2ccccc2)c1.Cl.Cl. The van der Waals surface area contributed by atoms with Crippen molar-refractivity contribution in [3.8, 4) is 0 Å². The van der Waals surface area contributed by atoms with E-state index in [9.17, 15) is 9.59 Å². The Morgan fingerprint density at radius 3 is 2.30 bits per heavy atom. The highest BCUT2D eigenvalue weighted by Crippen LogP contribution is 2.12. The van der Waals surface area contributed by atoms with Gasteiger partial charge >= 0.3 is 0 Å². The molecular weight excluding hydrogens is 423 g/mol. The van der Waals surface area contributed by atoms with Crippen LogP contribution in [0.1, 0.15) is 29.8 Å². The Bertz CT molecular complexity index is 771. The molecule has 1 unspecified atom stereocenters. The molecule has 0 aliphatic carbocycles. The first kappa shape index (κ1) is 27.9. The average Bonchev–Trinajstić information content (AvgIpc) is 2.72. The number of carbonyl (C=O) groups is 2. The maximum Gasteiger partial charge on any atom is 0.251 e. The molecule has 6 nitrogen and oxygen atoms in total. The zero-order valence-electron chi connectivity index (χ0n) is 17.5. The van der Waals surface area contributed by atoms with Gasteiger partial charge in [0.1, 0.15) is 0 Å². The molecule has 0 aliphatic heterocycles. The summed E-state index contributed by atoms with van der Waals surface area (Å²) in [6.07, 6.45) is 0.457. The van der Waals surface area contributed by atoms with Crippen LogP contribution < -0.4 is 16.4 Å². The number of benzene rings is 2. The molecule has 2 aromatic carbocycles. The molecule has 0 radical (unpaired) electrons. The lowest BCUT2D eigenvalue weighted by Gasteiger charge is -2.18. The lowest BCUT2D eigenvalue weighted by atomic mass is 10.1. The highest BCUT2D eigenvalue weighted by atomic mass is 35.5. The lowest BCUT2D eigenvalue weighted by Crippen LogP contribution is -2.37. The van der Waals surface area contributed by atoms with Crippen molar-refractivity contribution >= 4 is 42.3 Å². The second-order valence-electron chi connectivity index (χ2n) is 6.65. The topological polar surface area (TPSA) is 87.5 Å². The molecule has 30 heavy (non-hydrogen) atoms. The molecule has 4 N–H and O–H groups in total. The van der Waals surface area contributed by atoms with Crippen LogP contribution in [-0.2, 0) is 11.2 Å². The van der Waals surface area contributed by atoms with E-state index >= 15 is 0 Å². The van der Waals surface area contributed by atoms with E-state index in [2.05, 4.69) is 29.4 Å². The van der Waals surface area contributed by atoms with Crippen LogP contribution in [0.25, 0.3) is 0 Å². The van der Waals surface area contributed by atoms with Crippen molar-refractivity contribution in [2.45, 2.75) is 26.3 Å². The fourth-order valence-corrected chi connectivity index (χ4v) is 2.90. The summed E-state index contributed by atoms with van der Waals surface area (Å²) in [5.74, 6) is -0.431. The third kappa shape index (κ3) is 9.13. The van der Waals surface area contributed by atoms with Crippen LogP contribution in [0.5, 0.6) is 0 Å². The quantitative estimate of drug-likeness (QED) is 0.514. The van der Waals surface area contributed by atoms with Gasteiger partial charge in [-0.25, -0.2) is 0 Å². The fourth-order valence-electron chi connectivity index (χ4n) is 2.90. The number of amides is 2. The van der Waals surface area contributed by atoms with E-state index in [4.69, 9.17) is 5.73 Å². The minimum absolute atomic E-state index is 0. The molecule has 0 aliphatic rings. The zero-order valence-corrected chi connectivity index (χ0v) is 19.1. The van der Waals surface area contributed by atoms with Gasteiger partial charge in [-0.3, -0.25) is 9.59 Å². The molecule has 0 fully saturated rings. The number of hydrogen-bond donors (Lipinski definition) is 3. The molecule has 0 spiro atoms. The average molecular weight is 455 g/mol. The van der Waals surface area contributed by atoms with Crippen LogP contribution in [0.15, 0.2) is 54.6 Å². The normalized spacial score (nSPS) is 11.1. The molecule has 2 rings (SSSR count). The predicted octanol–water partition coefficient (Wildman–Crippen LogP) is 3.11. The van der Waals surface area contributed by atoms with E-state index in [-0.39, 0.29) is 36.6 Å². The summed E-state index contributed by atoms with van der Waals surface area (Å²) in [4.78, 5) is 27.0. The number of nitrogens with zero attached hydrogens (tertiary/aromatic N) is 1. The van der Waals surface area contributed by atoms with E-state index in [0.717, 1.165) is 25.2 Å². The van der Waals surface area contributed by atoms with Gasteiger partial charge in [-0.05, 0) is 43.3 Å². The van der Waals surface area contributed by atoms with E-state index in [0.29, 0.717) is 24.2 Å². The Labute approximate surface area is 191 Å². The summed E-state index contributed by atoms with van der Waals surface area (Å²) in [5.41, 5.74) is 8.09. The number of rotatable bonds is 10. The van der Waals surface area contributed by atoms with Crippen LogP contribution in [-0.4, -0.2) is 48.9 Å². The van der Waals surface area contributed by atoms with Gasteiger partial charge in [0.2, 0.25) is 5.91 Å². The van der Waals surface area contributed by atoms with E-state index in [1.807, 2.05) is 30.3 Å². The van der Waals surface area contributed by atoms with Gasteiger partial charge in [-0.15, -0.1) is 24.8 Å². The number of anilines is 1. The minimum atomic E-state index is -0.658. The van der Waals surface area contributed by atoms with Gasteiger partial charge in [-0.1, -0.05) is 50.2 Å².